The number of amides is 2. The van der Waals surface area contributed by atoms with E-state index in [0.29, 0.717) is 87.7 Å². The van der Waals surface area contributed by atoms with Crippen molar-refractivity contribution < 1.29 is 33.3 Å². The Hall–Kier alpha value is -5.13. The second kappa shape index (κ2) is 14.8. The van der Waals surface area contributed by atoms with Crippen LogP contribution < -0.4 is 9.47 Å². The number of hydrogen-bond acceptors (Lipinski definition) is 9. The van der Waals surface area contributed by atoms with Gasteiger partial charge in [0.15, 0.2) is 0 Å². The zero-order chi connectivity index (χ0) is 31.7. The molecule has 11 nitrogen and oxygen atoms in total. The lowest BCUT2D eigenvalue weighted by molar-refractivity contribution is 0.0301. The molecule has 4 aromatic rings. The fraction of sp³-hybridized carbons (Fsp3) is 0.286. The molecule has 0 radical (unpaired) electrons. The third kappa shape index (κ3) is 7.74. The molecule has 0 saturated carbocycles. The topological polar surface area (TPSA) is 120 Å². The van der Waals surface area contributed by atoms with Gasteiger partial charge < -0.3 is 28.7 Å². The van der Waals surface area contributed by atoms with Gasteiger partial charge in [0.2, 0.25) is 11.8 Å². The van der Waals surface area contributed by atoms with Gasteiger partial charge in [0.1, 0.15) is 0 Å². The summed E-state index contributed by atoms with van der Waals surface area (Å²) in [6, 6.07) is 21.9. The van der Waals surface area contributed by atoms with Crippen molar-refractivity contribution in [2.24, 2.45) is 0 Å². The molecular formula is C35H34N4O7. The summed E-state index contributed by atoms with van der Waals surface area (Å²) in [6.45, 7) is 4.51. The summed E-state index contributed by atoms with van der Waals surface area (Å²) in [6.07, 6.45) is 2.98. The Labute approximate surface area is 266 Å². The summed E-state index contributed by atoms with van der Waals surface area (Å²) < 4.78 is 21.7. The molecule has 6 rings (SSSR count). The normalized spacial score (nSPS) is 14.9. The molecule has 2 aromatic carbocycles. The number of ether oxygens (including phenoxy) is 4. The smallest absolute Gasteiger partial charge is 0.378 e. The SMILES string of the molecule is O=C(Oc1ncccc1Cc1ccc(C(=O)N2CCOCC2)cc1)Oc1ncccc1Cc1ccc(C(=O)N2CCOCC2)cc1. The van der Waals surface area contributed by atoms with E-state index in [4.69, 9.17) is 18.9 Å². The third-order valence-corrected chi connectivity index (χ3v) is 7.85. The number of hydrogen-bond donors (Lipinski definition) is 0. The van der Waals surface area contributed by atoms with Crippen LogP contribution in [-0.2, 0) is 22.3 Å². The Kier molecular flexibility index (Phi) is 9.91. The van der Waals surface area contributed by atoms with Crippen molar-refractivity contribution in [2.75, 3.05) is 52.6 Å². The molecular weight excluding hydrogens is 588 g/mol. The van der Waals surface area contributed by atoms with E-state index in [1.807, 2.05) is 36.4 Å². The zero-order valence-electron chi connectivity index (χ0n) is 25.3. The summed E-state index contributed by atoms with van der Waals surface area (Å²) in [5.41, 5.74) is 4.43. The Morgan fingerprint density at radius 3 is 1.37 bits per heavy atom. The molecule has 2 fully saturated rings. The molecule has 46 heavy (non-hydrogen) atoms. The first kappa shape index (κ1) is 30.9. The number of rotatable bonds is 8. The lowest BCUT2D eigenvalue weighted by atomic mass is 10.0. The van der Waals surface area contributed by atoms with Gasteiger partial charge in [0, 0.05) is 73.7 Å². The Bertz CT molecular complexity index is 1540. The molecule has 0 atom stereocenters. The second-order valence-corrected chi connectivity index (χ2v) is 10.9. The van der Waals surface area contributed by atoms with Crippen molar-refractivity contribution in [3.63, 3.8) is 0 Å². The fourth-order valence-electron chi connectivity index (χ4n) is 5.35. The summed E-state index contributed by atoms with van der Waals surface area (Å²) in [4.78, 5) is 50.6. The van der Waals surface area contributed by atoms with Crippen LogP contribution in [0.5, 0.6) is 11.8 Å². The van der Waals surface area contributed by atoms with E-state index < -0.39 is 6.16 Å². The molecule has 0 N–H and O–H groups in total. The van der Waals surface area contributed by atoms with Crippen LogP contribution in [0.25, 0.3) is 0 Å². The van der Waals surface area contributed by atoms with E-state index in [0.717, 1.165) is 11.1 Å². The molecule has 2 aliphatic rings. The van der Waals surface area contributed by atoms with Crippen LogP contribution in [0.2, 0.25) is 0 Å². The zero-order valence-corrected chi connectivity index (χ0v) is 25.3. The predicted molar refractivity (Wildman–Crippen MR) is 167 cm³/mol. The maximum Gasteiger partial charge on any atom is 0.522 e. The standard InChI is InChI=1S/C35H34N4O7/c40-33(38-15-19-43-20-16-38)27-9-5-25(6-10-27)23-29-3-1-13-36-31(29)45-35(42)46-32-30(4-2-14-37-32)24-26-7-11-28(12-8-26)34(41)39-17-21-44-22-18-39/h1-14H,15-24H2. The van der Waals surface area contributed by atoms with Crippen molar-refractivity contribution in [3.8, 4) is 11.8 Å². The van der Waals surface area contributed by atoms with Crippen molar-refractivity contribution in [1.29, 1.82) is 0 Å². The minimum Gasteiger partial charge on any atom is -0.378 e. The minimum absolute atomic E-state index is 0.0206. The summed E-state index contributed by atoms with van der Waals surface area (Å²) >= 11 is 0. The van der Waals surface area contributed by atoms with Gasteiger partial charge in [-0.2, -0.15) is 0 Å². The van der Waals surface area contributed by atoms with Gasteiger partial charge >= 0.3 is 6.16 Å². The third-order valence-electron chi connectivity index (χ3n) is 7.85. The average molecular weight is 623 g/mol. The Morgan fingerprint density at radius 2 is 0.978 bits per heavy atom. The number of carbonyl (C=O) groups is 3. The van der Waals surface area contributed by atoms with Crippen molar-refractivity contribution in [2.45, 2.75) is 12.8 Å². The number of pyridine rings is 2. The number of nitrogens with zero attached hydrogens (tertiary/aromatic N) is 4. The first-order valence-electron chi connectivity index (χ1n) is 15.2. The maximum atomic E-state index is 12.9. The molecule has 0 aliphatic carbocycles. The van der Waals surface area contributed by atoms with E-state index in [-0.39, 0.29) is 23.6 Å². The maximum absolute atomic E-state index is 12.9. The lowest BCUT2D eigenvalue weighted by Crippen LogP contribution is -2.40. The molecule has 2 aromatic heterocycles. The van der Waals surface area contributed by atoms with Crippen molar-refractivity contribution >= 4 is 18.0 Å². The average Bonchev–Trinajstić information content (AvgIpc) is 3.11. The van der Waals surface area contributed by atoms with Crippen LogP contribution >= 0.6 is 0 Å². The number of carbonyl (C=O) groups excluding carboxylic acids is 3. The summed E-state index contributed by atoms with van der Waals surface area (Å²) in [5, 5.41) is 0. The molecule has 2 saturated heterocycles. The molecule has 2 aliphatic heterocycles. The first-order valence-corrected chi connectivity index (χ1v) is 15.2. The molecule has 0 bridgehead atoms. The van der Waals surface area contributed by atoms with Gasteiger partial charge in [-0.1, -0.05) is 36.4 Å². The van der Waals surface area contributed by atoms with Crippen molar-refractivity contribution in [3.05, 3.63) is 119 Å². The summed E-state index contributed by atoms with van der Waals surface area (Å²) in [7, 11) is 0. The highest BCUT2D eigenvalue weighted by Crippen LogP contribution is 2.23. The van der Waals surface area contributed by atoms with E-state index in [9.17, 15) is 14.4 Å². The number of aromatic nitrogens is 2. The molecule has 4 heterocycles. The van der Waals surface area contributed by atoms with Crippen LogP contribution in [0.1, 0.15) is 43.0 Å². The fourth-order valence-corrected chi connectivity index (χ4v) is 5.35. The molecule has 11 heteroatoms. The van der Waals surface area contributed by atoms with Gasteiger partial charge in [0.25, 0.3) is 11.8 Å². The van der Waals surface area contributed by atoms with Gasteiger partial charge in [-0.05, 0) is 47.5 Å². The summed E-state index contributed by atoms with van der Waals surface area (Å²) in [5.74, 6) is 0.207. The Balaban J connectivity index is 1.07. The lowest BCUT2D eigenvalue weighted by Gasteiger charge is -2.26. The van der Waals surface area contributed by atoms with Crippen LogP contribution in [0.15, 0.2) is 85.2 Å². The minimum atomic E-state index is -0.960. The van der Waals surface area contributed by atoms with E-state index >= 15 is 0 Å². The predicted octanol–water partition coefficient (Wildman–Crippen LogP) is 4.18. The van der Waals surface area contributed by atoms with E-state index in [2.05, 4.69) is 9.97 Å². The van der Waals surface area contributed by atoms with E-state index in [1.165, 1.54) is 12.4 Å². The number of benzene rings is 2. The quantitative estimate of drug-likeness (QED) is 0.267. The molecule has 0 unspecified atom stereocenters. The largest absolute Gasteiger partial charge is 0.522 e. The van der Waals surface area contributed by atoms with E-state index in [1.54, 1.807) is 46.2 Å². The van der Waals surface area contributed by atoms with Gasteiger partial charge in [-0.3, -0.25) is 9.59 Å². The van der Waals surface area contributed by atoms with Gasteiger partial charge in [-0.25, -0.2) is 14.8 Å². The van der Waals surface area contributed by atoms with Crippen LogP contribution in [0, 0.1) is 0 Å². The van der Waals surface area contributed by atoms with Gasteiger partial charge in [0.05, 0.1) is 26.4 Å². The second-order valence-electron chi connectivity index (χ2n) is 10.9. The highest BCUT2D eigenvalue weighted by molar-refractivity contribution is 5.94. The Morgan fingerprint density at radius 1 is 0.587 bits per heavy atom. The van der Waals surface area contributed by atoms with Crippen molar-refractivity contribution in [1.82, 2.24) is 19.8 Å². The molecule has 0 spiro atoms. The van der Waals surface area contributed by atoms with Crippen LogP contribution in [0.4, 0.5) is 4.79 Å². The van der Waals surface area contributed by atoms with Gasteiger partial charge in [-0.15, -0.1) is 0 Å². The molecule has 236 valence electrons. The first-order chi connectivity index (χ1) is 22.5. The van der Waals surface area contributed by atoms with Crippen LogP contribution in [0.3, 0.4) is 0 Å². The highest BCUT2D eigenvalue weighted by atomic mass is 16.7. The molecule has 2 amide bonds. The highest BCUT2D eigenvalue weighted by Gasteiger charge is 2.21. The monoisotopic (exact) mass is 622 g/mol. The van der Waals surface area contributed by atoms with Crippen LogP contribution in [-0.4, -0.2) is 90.3 Å². The number of morpholine rings is 2.